The molecule has 0 aromatic heterocycles. The van der Waals surface area contributed by atoms with Gasteiger partial charge in [-0.1, -0.05) is 36.4 Å². The van der Waals surface area contributed by atoms with Crippen LogP contribution in [0.2, 0.25) is 0 Å². The molecular formula is C27H38N2O4. The molecule has 1 heterocycles. The van der Waals surface area contributed by atoms with Crippen LogP contribution in [0.4, 0.5) is 0 Å². The van der Waals surface area contributed by atoms with Crippen LogP contribution in [-0.4, -0.2) is 75.9 Å². The number of hydrogen-bond acceptors (Lipinski definition) is 6. The van der Waals surface area contributed by atoms with E-state index in [1.807, 2.05) is 6.92 Å². The number of carbonyl (C=O) groups is 1. The SMILES string of the molecule is CCOC(=O)CCc1ccc(-c2ccc(CN3CCN(C)CC3)cc2)c(OCCCOC)c1. The molecule has 0 unspecified atom stereocenters. The predicted octanol–water partition coefficient (Wildman–Crippen LogP) is 4.01. The van der Waals surface area contributed by atoms with E-state index < -0.39 is 0 Å². The molecule has 3 rings (SSSR count). The summed E-state index contributed by atoms with van der Waals surface area (Å²) in [5.74, 6) is 0.680. The van der Waals surface area contributed by atoms with Crippen LogP contribution in [0.5, 0.6) is 5.75 Å². The number of carbonyl (C=O) groups excluding carboxylic acids is 1. The van der Waals surface area contributed by atoms with Crippen LogP contribution in [0.25, 0.3) is 11.1 Å². The number of nitrogens with zero attached hydrogens (tertiary/aromatic N) is 2. The molecule has 0 aliphatic carbocycles. The number of methoxy groups -OCH3 is 1. The number of likely N-dealkylation sites (N-methyl/N-ethyl adjacent to an activating group) is 1. The minimum absolute atomic E-state index is 0.167. The minimum Gasteiger partial charge on any atom is -0.493 e. The van der Waals surface area contributed by atoms with Gasteiger partial charge in [0.1, 0.15) is 5.75 Å². The highest BCUT2D eigenvalue weighted by molar-refractivity contribution is 5.72. The molecule has 0 saturated carbocycles. The molecular weight excluding hydrogens is 416 g/mol. The fourth-order valence-corrected chi connectivity index (χ4v) is 4.00. The summed E-state index contributed by atoms with van der Waals surface area (Å²) in [6.07, 6.45) is 1.84. The van der Waals surface area contributed by atoms with Crippen molar-refractivity contribution in [3.8, 4) is 16.9 Å². The number of aryl methyl sites for hydroxylation is 1. The lowest BCUT2D eigenvalue weighted by Crippen LogP contribution is -2.43. The second-order valence-corrected chi connectivity index (χ2v) is 8.61. The van der Waals surface area contributed by atoms with Crippen molar-refractivity contribution in [2.75, 3.05) is 60.2 Å². The lowest BCUT2D eigenvalue weighted by atomic mass is 9.99. The number of ether oxygens (including phenoxy) is 3. The highest BCUT2D eigenvalue weighted by Gasteiger charge is 2.14. The van der Waals surface area contributed by atoms with Crippen molar-refractivity contribution in [3.05, 3.63) is 53.6 Å². The second-order valence-electron chi connectivity index (χ2n) is 8.61. The van der Waals surface area contributed by atoms with Gasteiger partial charge in [0.25, 0.3) is 0 Å². The molecule has 1 saturated heterocycles. The van der Waals surface area contributed by atoms with Crippen molar-refractivity contribution < 1.29 is 19.0 Å². The monoisotopic (exact) mass is 454 g/mol. The van der Waals surface area contributed by atoms with Gasteiger partial charge in [-0.15, -0.1) is 0 Å². The van der Waals surface area contributed by atoms with Crippen LogP contribution in [0.1, 0.15) is 30.9 Å². The van der Waals surface area contributed by atoms with Crippen LogP contribution in [0.3, 0.4) is 0 Å². The average molecular weight is 455 g/mol. The molecule has 6 nitrogen and oxygen atoms in total. The lowest BCUT2D eigenvalue weighted by molar-refractivity contribution is -0.143. The Morgan fingerprint density at radius 3 is 2.39 bits per heavy atom. The molecule has 180 valence electrons. The van der Waals surface area contributed by atoms with E-state index in [-0.39, 0.29) is 5.97 Å². The summed E-state index contributed by atoms with van der Waals surface area (Å²) in [6.45, 7) is 8.97. The first-order chi connectivity index (χ1) is 16.1. The molecule has 0 spiro atoms. The van der Waals surface area contributed by atoms with Crippen LogP contribution < -0.4 is 4.74 Å². The van der Waals surface area contributed by atoms with E-state index in [1.165, 1.54) is 5.56 Å². The Morgan fingerprint density at radius 1 is 0.970 bits per heavy atom. The van der Waals surface area contributed by atoms with Gasteiger partial charge < -0.3 is 19.1 Å². The first kappa shape index (κ1) is 25.2. The Kier molecular flexibility index (Phi) is 10.2. The van der Waals surface area contributed by atoms with Gasteiger partial charge in [-0.2, -0.15) is 0 Å². The standard InChI is InChI=1S/C27H38N2O4/c1-4-32-27(30)13-9-22-8-12-25(26(20-22)33-19-5-18-31-3)24-10-6-23(7-11-24)21-29-16-14-28(2)15-17-29/h6-8,10-12,20H,4-5,9,13-19,21H2,1-3H3. The van der Waals surface area contributed by atoms with Crippen molar-refractivity contribution in [2.24, 2.45) is 0 Å². The maximum atomic E-state index is 11.8. The summed E-state index contributed by atoms with van der Waals surface area (Å²) < 4.78 is 16.4. The molecule has 6 heteroatoms. The third-order valence-electron chi connectivity index (χ3n) is 5.99. The second kappa shape index (κ2) is 13.3. The smallest absolute Gasteiger partial charge is 0.306 e. The Labute approximate surface area is 198 Å². The largest absolute Gasteiger partial charge is 0.493 e. The summed E-state index contributed by atoms with van der Waals surface area (Å²) >= 11 is 0. The van der Waals surface area contributed by atoms with E-state index in [9.17, 15) is 4.79 Å². The fourth-order valence-electron chi connectivity index (χ4n) is 4.00. The van der Waals surface area contributed by atoms with Crippen LogP contribution in [0.15, 0.2) is 42.5 Å². The molecule has 1 aliphatic heterocycles. The molecule has 2 aromatic carbocycles. The maximum Gasteiger partial charge on any atom is 0.306 e. The van der Waals surface area contributed by atoms with Gasteiger partial charge in [0, 0.05) is 64.8 Å². The Morgan fingerprint density at radius 2 is 1.70 bits per heavy atom. The zero-order chi connectivity index (χ0) is 23.5. The van der Waals surface area contributed by atoms with E-state index in [4.69, 9.17) is 14.2 Å². The molecule has 2 aromatic rings. The first-order valence-electron chi connectivity index (χ1n) is 12.0. The highest BCUT2D eigenvalue weighted by atomic mass is 16.5. The van der Waals surface area contributed by atoms with Gasteiger partial charge in [-0.05, 0) is 43.1 Å². The van der Waals surface area contributed by atoms with Gasteiger partial charge in [0.15, 0.2) is 0 Å². The van der Waals surface area contributed by atoms with Crippen LogP contribution in [0, 0.1) is 0 Å². The normalized spacial score (nSPS) is 14.9. The van der Waals surface area contributed by atoms with E-state index in [0.29, 0.717) is 32.7 Å². The molecule has 0 atom stereocenters. The summed E-state index contributed by atoms with van der Waals surface area (Å²) in [5.41, 5.74) is 4.60. The van der Waals surface area contributed by atoms with Crippen LogP contribution >= 0.6 is 0 Å². The minimum atomic E-state index is -0.167. The zero-order valence-corrected chi connectivity index (χ0v) is 20.3. The van der Waals surface area contributed by atoms with Gasteiger partial charge in [0.05, 0.1) is 13.2 Å². The van der Waals surface area contributed by atoms with Gasteiger partial charge in [-0.25, -0.2) is 0 Å². The number of piperazine rings is 1. The van der Waals surface area contributed by atoms with Crippen molar-refractivity contribution in [1.29, 1.82) is 0 Å². The summed E-state index contributed by atoms with van der Waals surface area (Å²) in [6, 6.07) is 15.0. The highest BCUT2D eigenvalue weighted by Crippen LogP contribution is 2.32. The maximum absolute atomic E-state index is 11.8. The van der Waals surface area contributed by atoms with Crippen molar-refractivity contribution in [3.63, 3.8) is 0 Å². The van der Waals surface area contributed by atoms with Crippen molar-refractivity contribution in [2.45, 2.75) is 32.7 Å². The quantitative estimate of drug-likeness (QED) is 0.357. The average Bonchev–Trinajstić information content (AvgIpc) is 2.83. The third-order valence-corrected chi connectivity index (χ3v) is 5.99. The summed E-state index contributed by atoms with van der Waals surface area (Å²) in [7, 11) is 3.88. The fraction of sp³-hybridized carbons (Fsp3) is 0.519. The predicted molar refractivity (Wildman–Crippen MR) is 132 cm³/mol. The summed E-state index contributed by atoms with van der Waals surface area (Å²) in [4.78, 5) is 16.6. The third kappa shape index (κ3) is 8.14. The molecule has 1 aliphatic rings. The summed E-state index contributed by atoms with van der Waals surface area (Å²) in [5, 5.41) is 0. The van der Waals surface area contributed by atoms with Gasteiger partial charge >= 0.3 is 5.97 Å². The van der Waals surface area contributed by atoms with Crippen LogP contribution in [-0.2, 0) is 27.2 Å². The van der Waals surface area contributed by atoms with Crippen molar-refractivity contribution in [1.82, 2.24) is 9.80 Å². The number of esters is 1. The van der Waals surface area contributed by atoms with Crippen molar-refractivity contribution >= 4 is 5.97 Å². The molecule has 0 bridgehead atoms. The first-order valence-corrected chi connectivity index (χ1v) is 12.0. The number of rotatable bonds is 12. The Hall–Kier alpha value is -2.41. The molecule has 33 heavy (non-hydrogen) atoms. The Balaban J connectivity index is 1.70. The molecule has 0 N–H and O–H groups in total. The van der Waals surface area contributed by atoms with E-state index in [1.54, 1.807) is 7.11 Å². The molecule has 0 radical (unpaired) electrons. The number of hydrogen-bond donors (Lipinski definition) is 0. The number of benzene rings is 2. The van der Waals surface area contributed by atoms with E-state index in [2.05, 4.69) is 59.3 Å². The van der Waals surface area contributed by atoms with E-state index in [0.717, 1.165) is 61.6 Å². The van der Waals surface area contributed by atoms with Gasteiger partial charge in [0.2, 0.25) is 0 Å². The topological polar surface area (TPSA) is 51.2 Å². The molecule has 0 amide bonds. The van der Waals surface area contributed by atoms with Gasteiger partial charge in [-0.3, -0.25) is 9.69 Å². The molecule has 1 fully saturated rings. The zero-order valence-electron chi connectivity index (χ0n) is 20.3. The Bertz CT molecular complexity index is 861. The van der Waals surface area contributed by atoms with E-state index >= 15 is 0 Å². The lowest BCUT2D eigenvalue weighted by Gasteiger charge is -2.32.